The van der Waals surface area contributed by atoms with Gasteiger partial charge < -0.3 is 9.80 Å². The molecule has 0 N–H and O–H groups in total. The third kappa shape index (κ3) is 4.07. The number of amides is 2. The predicted molar refractivity (Wildman–Crippen MR) is 83.8 cm³/mol. The molecular weight excluding hydrogens is 320 g/mol. The van der Waals surface area contributed by atoms with Crippen LogP contribution in [0.3, 0.4) is 0 Å². The van der Waals surface area contributed by atoms with Crippen molar-refractivity contribution >= 4 is 27.7 Å². The lowest BCUT2D eigenvalue weighted by Crippen LogP contribution is -2.40. The molecule has 4 nitrogen and oxygen atoms in total. The summed E-state index contributed by atoms with van der Waals surface area (Å²) in [5.41, 5.74) is 1.61. The van der Waals surface area contributed by atoms with E-state index in [0.717, 1.165) is 16.5 Å². The first-order valence-electron chi connectivity index (χ1n) is 6.63. The largest absolute Gasteiger partial charge is 0.347 e. The van der Waals surface area contributed by atoms with Crippen molar-refractivity contribution in [2.45, 2.75) is 20.3 Å². The molecule has 1 rings (SSSR count). The average Bonchev–Trinajstić information content (AvgIpc) is 2.40. The third-order valence-corrected chi connectivity index (χ3v) is 4.08. The van der Waals surface area contributed by atoms with Crippen LogP contribution in [0, 0.1) is 6.92 Å². The first-order valence-corrected chi connectivity index (χ1v) is 7.42. The van der Waals surface area contributed by atoms with E-state index in [0.29, 0.717) is 12.1 Å². The third-order valence-electron chi connectivity index (χ3n) is 3.03. The Hall–Kier alpha value is -1.36. The van der Waals surface area contributed by atoms with Crippen LogP contribution in [-0.4, -0.2) is 48.8 Å². The minimum atomic E-state index is -0.113. The highest BCUT2D eigenvalue weighted by atomic mass is 79.9. The fraction of sp³-hybridized carbons (Fsp3) is 0.467. The summed E-state index contributed by atoms with van der Waals surface area (Å²) in [7, 11) is 3.39. The van der Waals surface area contributed by atoms with Crippen LogP contribution in [0.1, 0.15) is 29.3 Å². The second-order valence-corrected chi connectivity index (χ2v) is 5.74. The molecule has 20 heavy (non-hydrogen) atoms. The monoisotopic (exact) mass is 340 g/mol. The van der Waals surface area contributed by atoms with E-state index in [9.17, 15) is 9.59 Å². The van der Waals surface area contributed by atoms with Gasteiger partial charge in [0.2, 0.25) is 5.91 Å². The number of rotatable bonds is 5. The zero-order valence-corrected chi connectivity index (χ0v) is 14.0. The van der Waals surface area contributed by atoms with Gasteiger partial charge in [0, 0.05) is 25.1 Å². The molecule has 110 valence electrons. The van der Waals surface area contributed by atoms with Gasteiger partial charge in [0.05, 0.1) is 5.56 Å². The van der Waals surface area contributed by atoms with Crippen molar-refractivity contribution in [1.82, 2.24) is 9.80 Å². The second-order valence-electron chi connectivity index (χ2n) is 4.95. The molecule has 0 atom stereocenters. The molecule has 0 aliphatic heterocycles. The molecular formula is C15H21BrN2O2. The van der Waals surface area contributed by atoms with E-state index in [1.54, 1.807) is 25.1 Å². The quantitative estimate of drug-likeness (QED) is 0.826. The van der Waals surface area contributed by atoms with Gasteiger partial charge in [-0.3, -0.25) is 9.59 Å². The van der Waals surface area contributed by atoms with E-state index < -0.39 is 0 Å². The summed E-state index contributed by atoms with van der Waals surface area (Å²) in [5.74, 6) is -0.187. The van der Waals surface area contributed by atoms with Gasteiger partial charge in [-0.05, 0) is 40.9 Å². The zero-order chi connectivity index (χ0) is 15.3. The molecule has 0 unspecified atom stereocenters. The van der Waals surface area contributed by atoms with Crippen molar-refractivity contribution in [1.29, 1.82) is 0 Å². The Morgan fingerprint density at radius 2 is 1.90 bits per heavy atom. The van der Waals surface area contributed by atoms with Crippen molar-refractivity contribution in [3.8, 4) is 0 Å². The summed E-state index contributed by atoms with van der Waals surface area (Å²) < 4.78 is 0.795. The van der Waals surface area contributed by atoms with Crippen molar-refractivity contribution in [3.63, 3.8) is 0 Å². The SMILES string of the molecule is CCCN(CC(=O)N(C)C)C(=O)c1cccc(C)c1Br. The van der Waals surface area contributed by atoms with Crippen LogP contribution in [0.4, 0.5) is 0 Å². The maximum atomic E-state index is 12.6. The van der Waals surface area contributed by atoms with Crippen LogP contribution in [-0.2, 0) is 4.79 Å². The van der Waals surface area contributed by atoms with Crippen LogP contribution in [0.15, 0.2) is 22.7 Å². The van der Waals surface area contributed by atoms with E-state index in [1.807, 2.05) is 26.0 Å². The lowest BCUT2D eigenvalue weighted by molar-refractivity contribution is -0.129. The summed E-state index contributed by atoms with van der Waals surface area (Å²) >= 11 is 3.45. The lowest BCUT2D eigenvalue weighted by atomic mass is 10.1. The topological polar surface area (TPSA) is 40.6 Å². The highest BCUT2D eigenvalue weighted by Gasteiger charge is 2.21. The van der Waals surface area contributed by atoms with Crippen LogP contribution >= 0.6 is 15.9 Å². The molecule has 1 aromatic carbocycles. The fourth-order valence-corrected chi connectivity index (χ4v) is 2.24. The van der Waals surface area contributed by atoms with Crippen molar-refractivity contribution in [3.05, 3.63) is 33.8 Å². The van der Waals surface area contributed by atoms with E-state index in [1.165, 1.54) is 4.90 Å². The molecule has 0 spiro atoms. The normalized spacial score (nSPS) is 10.2. The number of carbonyl (C=O) groups is 2. The van der Waals surface area contributed by atoms with Crippen LogP contribution in [0.25, 0.3) is 0 Å². The zero-order valence-electron chi connectivity index (χ0n) is 12.4. The number of nitrogens with zero attached hydrogens (tertiary/aromatic N) is 2. The Labute approximate surface area is 128 Å². The first kappa shape index (κ1) is 16.7. The summed E-state index contributed by atoms with van der Waals surface area (Å²) in [5, 5.41) is 0. The molecule has 5 heteroatoms. The van der Waals surface area contributed by atoms with E-state index in [4.69, 9.17) is 0 Å². The lowest BCUT2D eigenvalue weighted by Gasteiger charge is -2.24. The number of aryl methyl sites for hydroxylation is 1. The Morgan fingerprint density at radius 1 is 1.25 bits per heavy atom. The molecule has 0 saturated heterocycles. The molecule has 0 radical (unpaired) electrons. The van der Waals surface area contributed by atoms with Gasteiger partial charge in [-0.1, -0.05) is 19.1 Å². The highest BCUT2D eigenvalue weighted by molar-refractivity contribution is 9.10. The standard InChI is InChI=1S/C15H21BrN2O2/c1-5-9-18(10-13(19)17(3)4)15(20)12-8-6-7-11(2)14(12)16/h6-8H,5,9-10H2,1-4H3. The Bertz CT molecular complexity index is 501. The Morgan fingerprint density at radius 3 is 2.45 bits per heavy atom. The van der Waals surface area contributed by atoms with Gasteiger partial charge in [-0.2, -0.15) is 0 Å². The molecule has 0 aliphatic carbocycles. The molecule has 0 aliphatic rings. The van der Waals surface area contributed by atoms with Gasteiger partial charge in [-0.15, -0.1) is 0 Å². The number of carbonyl (C=O) groups excluding carboxylic acids is 2. The number of halogens is 1. The molecule has 2 amide bonds. The maximum absolute atomic E-state index is 12.6. The van der Waals surface area contributed by atoms with Gasteiger partial charge in [0.15, 0.2) is 0 Å². The Kier molecular flexibility index (Phi) is 6.20. The molecule has 1 aromatic rings. The maximum Gasteiger partial charge on any atom is 0.255 e. The predicted octanol–water partition coefficient (Wildman–Crippen LogP) is 2.70. The van der Waals surface area contributed by atoms with Gasteiger partial charge in [0.1, 0.15) is 6.54 Å². The van der Waals surface area contributed by atoms with Gasteiger partial charge in [0.25, 0.3) is 5.91 Å². The molecule has 0 heterocycles. The summed E-state index contributed by atoms with van der Waals surface area (Å²) in [4.78, 5) is 27.5. The van der Waals surface area contributed by atoms with E-state index in [-0.39, 0.29) is 18.4 Å². The highest BCUT2D eigenvalue weighted by Crippen LogP contribution is 2.22. The number of benzene rings is 1. The van der Waals surface area contributed by atoms with E-state index in [2.05, 4.69) is 15.9 Å². The van der Waals surface area contributed by atoms with Crippen molar-refractivity contribution < 1.29 is 9.59 Å². The molecule has 0 bridgehead atoms. The summed E-state index contributed by atoms with van der Waals surface area (Å²) in [6.45, 7) is 4.61. The van der Waals surface area contributed by atoms with Crippen LogP contribution in [0.2, 0.25) is 0 Å². The minimum absolute atomic E-state index is 0.0735. The van der Waals surface area contributed by atoms with Gasteiger partial charge >= 0.3 is 0 Å². The van der Waals surface area contributed by atoms with Crippen LogP contribution in [0.5, 0.6) is 0 Å². The summed E-state index contributed by atoms with van der Waals surface area (Å²) in [6.07, 6.45) is 0.815. The smallest absolute Gasteiger partial charge is 0.255 e. The van der Waals surface area contributed by atoms with E-state index >= 15 is 0 Å². The first-order chi connectivity index (χ1) is 9.38. The van der Waals surface area contributed by atoms with Crippen molar-refractivity contribution in [2.75, 3.05) is 27.2 Å². The number of hydrogen-bond donors (Lipinski definition) is 0. The van der Waals surface area contributed by atoms with Crippen molar-refractivity contribution in [2.24, 2.45) is 0 Å². The molecule has 0 aromatic heterocycles. The summed E-state index contributed by atoms with van der Waals surface area (Å²) in [6, 6.07) is 5.57. The van der Waals surface area contributed by atoms with Crippen LogP contribution < -0.4 is 0 Å². The van der Waals surface area contributed by atoms with Gasteiger partial charge in [-0.25, -0.2) is 0 Å². The fourth-order valence-electron chi connectivity index (χ4n) is 1.81. The second kappa shape index (κ2) is 7.43. The molecule has 0 fully saturated rings. The minimum Gasteiger partial charge on any atom is -0.347 e. The number of likely N-dealkylation sites (N-methyl/N-ethyl adjacent to an activating group) is 1. The average molecular weight is 341 g/mol. The Balaban J connectivity index is 2.99. The molecule has 0 saturated carbocycles. The number of hydrogen-bond acceptors (Lipinski definition) is 2.